The SMILES string of the molecule is CC(C)(CO)NC(=O)C1C=CC(N)C1. The Kier molecular flexibility index (Phi) is 3.29. The molecule has 0 heterocycles. The van der Waals surface area contributed by atoms with Crippen molar-refractivity contribution >= 4 is 5.91 Å². The van der Waals surface area contributed by atoms with Crippen LogP contribution in [0, 0.1) is 5.92 Å². The van der Waals surface area contributed by atoms with Gasteiger partial charge >= 0.3 is 0 Å². The Morgan fingerprint density at radius 2 is 2.29 bits per heavy atom. The predicted octanol–water partition coefficient (Wildman–Crippen LogP) is -0.223. The molecular weight excluding hydrogens is 180 g/mol. The van der Waals surface area contributed by atoms with Crippen molar-refractivity contribution in [3.05, 3.63) is 12.2 Å². The zero-order valence-electron chi connectivity index (χ0n) is 8.66. The zero-order valence-corrected chi connectivity index (χ0v) is 8.66. The van der Waals surface area contributed by atoms with Gasteiger partial charge in [-0.25, -0.2) is 0 Å². The highest BCUT2D eigenvalue weighted by Gasteiger charge is 2.27. The molecule has 80 valence electrons. The minimum Gasteiger partial charge on any atom is -0.394 e. The summed E-state index contributed by atoms with van der Waals surface area (Å²) in [4.78, 5) is 11.6. The molecule has 0 aromatic rings. The van der Waals surface area contributed by atoms with Crippen LogP contribution in [0.3, 0.4) is 0 Å². The van der Waals surface area contributed by atoms with Crippen LogP contribution in [0.15, 0.2) is 12.2 Å². The molecule has 0 aliphatic heterocycles. The van der Waals surface area contributed by atoms with Gasteiger partial charge in [0.15, 0.2) is 0 Å². The lowest BCUT2D eigenvalue weighted by Crippen LogP contribution is -2.48. The van der Waals surface area contributed by atoms with E-state index in [0.717, 1.165) is 0 Å². The third-order valence-electron chi connectivity index (χ3n) is 2.31. The molecule has 0 spiro atoms. The summed E-state index contributed by atoms with van der Waals surface area (Å²) in [6, 6.07) is -0.0111. The fourth-order valence-corrected chi connectivity index (χ4v) is 1.39. The summed E-state index contributed by atoms with van der Waals surface area (Å²) in [5.41, 5.74) is 5.09. The standard InChI is InChI=1S/C10H18N2O2/c1-10(2,6-13)12-9(14)7-3-4-8(11)5-7/h3-4,7-8,13H,5-6,11H2,1-2H3,(H,12,14). The van der Waals surface area contributed by atoms with E-state index in [0.29, 0.717) is 6.42 Å². The van der Waals surface area contributed by atoms with Crippen molar-refractivity contribution in [2.45, 2.75) is 31.8 Å². The average molecular weight is 198 g/mol. The van der Waals surface area contributed by atoms with Crippen LogP contribution in [-0.2, 0) is 4.79 Å². The number of nitrogens with two attached hydrogens (primary N) is 1. The molecule has 2 unspecified atom stereocenters. The van der Waals surface area contributed by atoms with Crippen molar-refractivity contribution in [1.29, 1.82) is 0 Å². The molecule has 0 aromatic heterocycles. The number of nitrogens with one attached hydrogen (secondary N) is 1. The van der Waals surface area contributed by atoms with Gasteiger partial charge in [-0.2, -0.15) is 0 Å². The minimum atomic E-state index is -0.558. The molecule has 4 N–H and O–H groups in total. The van der Waals surface area contributed by atoms with Crippen molar-refractivity contribution in [1.82, 2.24) is 5.32 Å². The second-order valence-corrected chi connectivity index (χ2v) is 4.42. The van der Waals surface area contributed by atoms with Crippen molar-refractivity contribution in [3.63, 3.8) is 0 Å². The van der Waals surface area contributed by atoms with E-state index < -0.39 is 5.54 Å². The first-order chi connectivity index (χ1) is 6.44. The van der Waals surface area contributed by atoms with Gasteiger partial charge in [-0.15, -0.1) is 0 Å². The molecule has 0 radical (unpaired) electrons. The normalized spacial score (nSPS) is 26.6. The topological polar surface area (TPSA) is 75.3 Å². The Labute approximate surface area is 84.2 Å². The number of aliphatic hydroxyl groups is 1. The van der Waals surface area contributed by atoms with Crippen LogP contribution in [-0.4, -0.2) is 29.2 Å². The van der Waals surface area contributed by atoms with Crippen molar-refractivity contribution in [2.24, 2.45) is 11.7 Å². The molecular formula is C10H18N2O2. The molecule has 0 saturated carbocycles. The molecule has 1 amide bonds. The van der Waals surface area contributed by atoms with E-state index in [9.17, 15) is 4.79 Å². The van der Waals surface area contributed by atoms with Crippen LogP contribution < -0.4 is 11.1 Å². The van der Waals surface area contributed by atoms with E-state index in [1.165, 1.54) is 0 Å². The molecule has 4 nitrogen and oxygen atoms in total. The van der Waals surface area contributed by atoms with E-state index in [-0.39, 0.29) is 24.5 Å². The molecule has 14 heavy (non-hydrogen) atoms. The quantitative estimate of drug-likeness (QED) is 0.549. The maximum Gasteiger partial charge on any atom is 0.227 e. The highest BCUT2D eigenvalue weighted by Crippen LogP contribution is 2.17. The van der Waals surface area contributed by atoms with Gasteiger partial charge in [0.05, 0.1) is 18.1 Å². The van der Waals surface area contributed by atoms with Crippen LogP contribution in [0.2, 0.25) is 0 Å². The summed E-state index contributed by atoms with van der Waals surface area (Å²) in [6.07, 6.45) is 4.33. The molecule has 1 rings (SSSR count). The molecule has 2 atom stereocenters. The summed E-state index contributed by atoms with van der Waals surface area (Å²) < 4.78 is 0. The summed E-state index contributed by atoms with van der Waals surface area (Å²) in [6.45, 7) is 3.49. The van der Waals surface area contributed by atoms with Gasteiger partial charge < -0.3 is 16.2 Å². The minimum absolute atomic E-state index is 0.0111. The van der Waals surface area contributed by atoms with Crippen LogP contribution in [0.1, 0.15) is 20.3 Å². The molecule has 0 bridgehead atoms. The fourth-order valence-electron chi connectivity index (χ4n) is 1.39. The smallest absolute Gasteiger partial charge is 0.227 e. The van der Waals surface area contributed by atoms with Crippen molar-refractivity contribution in [2.75, 3.05) is 6.61 Å². The summed E-state index contributed by atoms with van der Waals surface area (Å²) >= 11 is 0. The number of hydrogen-bond acceptors (Lipinski definition) is 3. The lowest BCUT2D eigenvalue weighted by molar-refractivity contribution is -0.125. The lowest BCUT2D eigenvalue weighted by atomic mass is 10.0. The van der Waals surface area contributed by atoms with Crippen molar-refractivity contribution < 1.29 is 9.90 Å². The van der Waals surface area contributed by atoms with E-state index in [1.807, 2.05) is 12.2 Å². The molecule has 1 aliphatic carbocycles. The van der Waals surface area contributed by atoms with E-state index in [4.69, 9.17) is 10.8 Å². The second kappa shape index (κ2) is 4.11. The number of carbonyl (C=O) groups excluding carboxylic acids is 1. The Morgan fingerprint density at radius 1 is 1.64 bits per heavy atom. The third-order valence-corrected chi connectivity index (χ3v) is 2.31. The highest BCUT2D eigenvalue weighted by molar-refractivity contribution is 5.81. The van der Waals surface area contributed by atoms with E-state index in [2.05, 4.69) is 5.32 Å². The van der Waals surface area contributed by atoms with E-state index >= 15 is 0 Å². The number of amides is 1. The van der Waals surface area contributed by atoms with Gasteiger partial charge in [0.2, 0.25) is 5.91 Å². The van der Waals surface area contributed by atoms with Crippen LogP contribution in [0.25, 0.3) is 0 Å². The fraction of sp³-hybridized carbons (Fsp3) is 0.700. The molecule has 1 aliphatic rings. The third kappa shape index (κ3) is 2.82. The molecule has 0 fully saturated rings. The molecule has 0 aromatic carbocycles. The predicted molar refractivity (Wildman–Crippen MR) is 54.5 cm³/mol. The Hall–Kier alpha value is -0.870. The zero-order chi connectivity index (χ0) is 10.8. The van der Waals surface area contributed by atoms with Crippen LogP contribution >= 0.6 is 0 Å². The van der Waals surface area contributed by atoms with Gasteiger partial charge in [0, 0.05) is 6.04 Å². The average Bonchev–Trinajstić information content (AvgIpc) is 2.51. The van der Waals surface area contributed by atoms with Gasteiger partial charge in [-0.1, -0.05) is 12.2 Å². The summed E-state index contributed by atoms with van der Waals surface area (Å²) in [5, 5.41) is 11.8. The first-order valence-corrected chi connectivity index (χ1v) is 4.81. The maximum atomic E-state index is 11.6. The molecule has 0 saturated heterocycles. The van der Waals surface area contributed by atoms with Crippen molar-refractivity contribution in [3.8, 4) is 0 Å². The number of aliphatic hydroxyl groups excluding tert-OH is 1. The number of carbonyl (C=O) groups is 1. The number of rotatable bonds is 3. The summed E-state index contributed by atoms with van der Waals surface area (Å²) in [7, 11) is 0. The van der Waals surface area contributed by atoms with Gasteiger partial charge in [-0.05, 0) is 20.3 Å². The summed E-state index contributed by atoms with van der Waals surface area (Å²) in [5.74, 6) is -0.205. The van der Waals surface area contributed by atoms with Gasteiger partial charge in [-0.3, -0.25) is 4.79 Å². The van der Waals surface area contributed by atoms with E-state index in [1.54, 1.807) is 13.8 Å². The number of hydrogen-bond donors (Lipinski definition) is 3. The Balaban J connectivity index is 2.47. The maximum absolute atomic E-state index is 11.6. The second-order valence-electron chi connectivity index (χ2n) is 4.42. The lowest BCUT2D eigenvalue weighted by Gasteiger charge is -2.25. The highest BCUT2D eigenvalue weighted by atomic mass is 16.3. The van der Waals surface area contributed by atoms with Crippen LogP contribution in [0.5, 0.6) is 0 Å². The Bertz CT molecular complexity index is 249. The molecule has 4 heteroatoms. The van der Waals surface area contributed by atoms with Gasteiger partial charge in [0.1, 0.15) is 0 Å². The van der Waals surface area contributed by atoms with Gasteiger partial charge in [0.25, 0.3) is 0 Å². The van der Waals surface area contributed by atoms with Crippen LogP contribution in [0.4, 0.5) is 0 Å². The first-order valence-electron chi connectivity index (χ1n) is 4.81. The Morgan fingerprint density at radius 3 is 2.71 bits per heavy atom. The first kappa shape index (κ1) is 11.2. The monoisotopic (exact) mass is 198 g/mol. The largest absolute Gasteiger partial charge is 0.394 e.